The molecule has 0 bridgehead atoms. The van der Waals surface area contributed by atoms with Crippen LogP contribution >= 0.6 is 0 Å². The molecular weight excluding hydrogens is 304 g/mol. The smallest absolute Gasteiger partial charge is 0.665 e. The zero-order chi connectivity index (χ0) is 14.3. The summed E-state index contributed by atoms with van der Waals surface area (Å²) in [6, 6.07) is -1.25. The van der Waals surface area contributed by atoms with Crippen LogP contribution in [0.5, 0.6) is 0 Å². The largest absolute Gasteiger partial charge is 1.00 e. The summed E-state index contributed by atoms with van der Waals surface area (Å²) in [6.07, 6.45) is -1.35. The maximum absolute atomic E-state index is 11.2. The molecule has 0 rings (SSSR count). The van der Waals surface area contributed by atoms with E-state index >= 15 is 0 Å². The molecule has 0 aliphatic heterocycles. The first-order chi connectivity index (χ1) is 8.11. The van der Waals surface area contributed by atoms with Crippen LogP contribution in [-0.2, 0) is 26.6 Å². The molecule has 116 valence electrons. The van der Waals surface area contributed by atoms with Gasteiger partial charge in [-0.1, -0.05) is 6.42 Å². The van der Waals surface area contributed by atoms with Gasteiger partial charge in [0, 0.05) is 6.54 Å². The van der Waals surface area contributed by atoms with E-state index in [0.29, 0.717) is 0 Å². The number of amides is 1. The number of hydrogen-bond donors (Lipinski definition) is 3. The molecule has 19 heavy (non-hydrogen) atoms. The fourth-order valence-electron chi connectivity index (χ4n) is 1.10. The van der Waals surface area contributed by atoms with Gasteiger partial charge in [0.1, 0.15) is 5.60 Å². The van der Waals surface area contributed by atoms with E-state index in [2.05, 4.69) is 5.32 Å². The number of nitrogens with one attached hydrogen (secondary N) is 2. The Labute approximate surface area is 123 Å². The van der Waals surface area contributed by atoms with Crippen LogP contribution in [0.25, 0.3) is 5.73 Å². The first-order valence-corrected chi connectivity index (χ1v) is 5.70. The molecule has 4 N–H and O–H groups in total. The number of ether oxygens (including phenoxy) is 1. The van der Waals surface area contributed by atoms with Gasteiger partial charge in [-0.05, 0) is 33.2 Å². The molecule has 0 fully saturated rings. The van der Waals surface area contributed by atoms with Crippen LogP contribution in [-0.4, -0.2) is 46.6 Å². The van der Waals surface area contributed by atoms with Crippen LogP contribution in [0.1, 0.15) is 33.6 Å². The number of carboxylic acid groups (broad SMARTS) is 1. The van der Waals surface area contributed by atoms with Gasteiger partial charge >= 0.3 is 23.2 Å². The second kappa shape index (κ2) is 9.14. The zero-order valence-corrected chi connectivity index (χ0v) is 12.1. The average Bonchev–Trinajstić information content (AvgIpc) is 2.20. The summed E-state index contributed by atoms with van der Waals surface area (Å²) in [5, 5.41) is 20.3. The minimum Gasteiger partial charge on any atom is -0.665 e. The van der Waals surface area contributed by atoms with Crippen LogP contribution in [0.4, 0.5) is 4.79 Å². The quantitative estimate of drug-likeness (QED) is 0.633. The van der Waals surface area contributed by atoms with Crippen molar-refractivity contribution in [2.75, 3.05) is 6.54 Å². The topological polar surface area (TPSA) is 120 Å². The normalized spacial score (nSPS) is 13.9. The van der Waals surface area contributed by atoms with Gasteiger partial charge in [0.15, 0.2) is 0 Å². The molecule has 0 aromatic carbocycles. The molecule has 0 unspecified atom stereocenters. The van der Waals surface area contributed by atoms with Gasteiger partial charge < -0.3 is 26.0 Å². The summed E-state index contributed by atoms with van der Waals surface area (Å²) in [5.74, 6) is -1.22. The number of rotatable bonds is 6. The van der Waals surface area contributed by atoms with Gasteiger partial charge in [0.25, 0.3) is 5.97 Å². The number of hydrogen-bond acceptors (Lipinski definition) is 4. The standard InChI is InChI=1S/C11H21N2O5.Cu/c1-11(2,3)18-10(17)13-6-7(14)4-5-8(12)9(15)16;/h7-8,12,14H,4-6H2,1-3H3,(H,13,17)(H,15,16);/q-1;+1/t7-,8+;/m1./s1. The molecule has 0 spiro atoms. The van der Waals surface area contributed by atoms with E-state index in [1.165, 1.54) is 0 Å². The summed E-state index contributed by atoms with van der Waals surface area (Å²) >= 11 is 0. The molecule has 1 amide bonds. The minimum atomic E-state index is -1.25. The molecule has 2 atom stereocenters. The average molecular weight is 325 g/mol. The summed E-state index contributed by atoms with van der Waals surface area (Å²) in [4.78, 5) is 21.6. The van der Waals surface area contributed by atoms with E-state index in [-0.39, 0.29) is 36.5 Å². The van der Waals surface area contributed by atoms with Gasteiger partial charge in [-0.25, -0.2) is 4.79 Å². The van der Waals surface area contributed by atoms with E-state index in [4.69, 9.17) is 15.6 Å². The van der Waals surface area contributed by atoms with Crippen molar-refractivity contribution >= 4 is 12.1 Å². The van der Waals surface area contributed by atoms with Crippen molar-refractivity contribution in [3.05, 3.63) is 5.73 Å². The third kappa shape index (κ3) is 12.0. The molecule has 0 radical (unpaired) electrons. The van der Waals surface area contributed by atoms with Crippen molar-refractivity contribution in [3.63, 3.8) is 0 Å². The van der Waals surface area contributed by atoms with Gasteiger partial charge in [-0.2, -0.15) is 0 Å². The monoisotopic (exact) mass is 324 g/mol. The molecule has 0 aliphatic carbocycles. The Morgan fingerprint density at radius 2 is 1.84 bits per heavy atom. The summed E-state index contributed by atoms with van der Waals surface area (Å²) < 4.78 is 4.96. The maximum atomic E-state index is 11.2. The Bertz CT molecular complexity index is 293. The number of aliphatic hydroxyl groups excluding tert-OH is 1. The predicted molar refractivity (Wildman–Crippen MR) is 65.2 cm³/mol. The Kier molecular flexibility index (Phi) is 9.86. The maximum Gasteiger partial charge on any atom is 1.00 e. The van der Waals surface area contributed by atoms with Crippen LogP contribution in [0.3, 0.4) is 0 Å². The fraction of sp³-hybridized carbons (Fsp3) is 0.818. The molecule has 0 aliphatic rings. The van der Waals surface area contributed by atoms with Crippen LogP contribution < -0.4 is 5.32 Å². The molecule has 0 aromatic rings. The number of aliphatic carboxylic acids is 1. The molecule has 8 heteroatoms. The van der Waals surface area contributed by atoms with Gasteiger partial charge in [0.2, 0.25) is 0 Å². The Balaban J connectivity index is 0. The van der Waals surface area contributed by atoms with E-state index in [9.17, 15) is 14.7 Å². The zero-order valence-electron chi connectivity index (χ0n) is 11.2. The number of carboxylic acids is 1. The first-order valence-electron chi connectivity index (χ1n) is 5.70. The van der Waals surface area contributed by atoms with Gasteiger partial charge in [-0.3, -0.25) is 4.79 Å². The summed E-state index contributed by atoms with van der Waals surface area (Å²) in [7, 11) is 0. The van der Waals surface area contributed by atoms with Crippen LogP contribution in [0, 0.1) is 0 Å². The number of carbonyl (C=O) groups excluding carboxylic acids is 1. The summed E-state index contributed by atoms with van der Waals surface area (Å²) in [6.45, 7) is 5.14. The SMILES string of the molecule is CC(C)(C)OC(=O)NC[C@H](O)CC[C@H]([NH-])C(=O)O.[Cu+]. The molecule has 7 nitrogen and oxygen atoms in total. The molecular formula is C11H21CuN2O5. The van der Waals surface area contributed by atoms with Crippen LogP contribution in [0.2, 0.25) is 0 Å². The predicted octanol–water partition coefficient (Wildman–Crippen LogP) is 1.16. The second-order valence-corrected chi connectivity index (χ2v) is 5.00. The first kappa shape index (κ1) is 20.5. The molecule has 0 saturated heterocycles. The number of carbonyl (C=O) groups is 2. The van der Waals surface area contributed by atoms with Crippen molar-refractivity contribution < 1.29 is 41.6 Å². The second-order valence-electron chi connectivity index (χ2n) is 5.00. The van der Waals surface area contributed by atoms with E-state index in [1.807, 2.05) is 0 Å². The number of aliphatic hydroxyl groups is 1. The molecule has 0 aromatic heterocycles. The van der Waals surface area contributed by atoms with Crippen molar-refractivity contribution in [2.24, 2.45) is 0 Å². The third-order valence-electron chi connectivity index (χ3n) is 1.97. The van der Waals surface area contributed by atoms with Crippen molar-refractivity contribution in [3.8, 4) is 0 Å². The van der Waals surface area contributed by atoms with E-state index in [1.54, 1.807) is 20.8 Å². The Hall–Kier alpha value is -0.821. The van der Waals surface area contributed by atoms with E-state index < -0.39 is 29.8 Å². The van der Waals surface area contributed by atoms with Crippen molar-refractivity contribution in [2.45, 2.75) is 51.4 Å². The van der Waals surface area contributed by atoms with Gasteiger partial charge in [-0.15, -0.1) is 0 Å². The fourth-order valence-corrected chi connectivity index (χ4v) is 1.10. The Morgan fingerprint density at radius 1 is 1.32 bits per heavy atom. The Morgan fingerprint density at radius 3 is 2.26 bits per heavy atom. The van der Waals surface area contributed by atoms with E-state index in [0.717, 1.165) is 0 Å². The number of alkyl carbamates (subject to hydrolysis) is 1. The third-order valence-corrected chi connectivity index (χ3v) is 1.97. The molecule has 0 heterocycles. The van der Waals surface area contributed by atoms with Gasteiger partial charge in [0.05, 0.1) is 6.10 Å². The van der Waals surface area contributed by atoms with Crippen LogP contribution in [0.15, 0.2) is 0 Å². The van der Waals surface area contributed by atoms with Crippen molar-refractivity contribution in [1.82, 2.24) is 5.32 Å². The summed E-state index contributed by atoms with van der Waals surface area (Å²) in [5.41, 5.74) is 6.53. The molecule has 0 saturated carbocycles. The van der Waals surface area contributed by atoms with Crippen molar-refractivity contribution in [1.29, 1.82) is 0 Å². The minimum absolute atomic E-state index is 0.